The van der Waals surface area contributed by atoms with Crippen LogP contribution in [0, 0.1) is 0 Å². The average molecular weight is 290 g/mol. The fourth-order valence-electron chi connectivity index (χ4n) is 3.54. The van der Waals surface area contributed by atoms with Crippen molar-refractivity contribution in [2.75, 3.05) is 31.6 Å². The molecule has 1 saturated heterocycles. The van der Waals surface area contributed by atoms with Crippen molar-refractivity contribution in [1.82, 2.24) is 24.7 Å². The lowest BCUT2D eigenvalue weighted by atomic mass is 9.90. The van der Waals surface area contributed by atoms with E-state index in [1.807, 2.05) is 10.7 Å². The second kappa shape index (κ2) is 5.65. The molecule has 0 radical (unpaired) electrons. The van der Waals surface area contributed by atoms with Crippen molar-refractivity contribution < 1.29 is 4.74 Å². The summed E-state index contributed by atoms with van der Waals surface area (Å²) in [6, 6.07) is 1.26. The van der Waals surface area contributed by atoms with Gasteiger partial charge in [-0.25, -0.2) is 14.7 Å². The second-order valence-corrected chi connectivity index (χ2v) is 6.01. The zero-order chi connectivity index (χ0) is 14.1. The van der Waals surface area contributed by atoms with Crippen molar-refractivity contribution in [3.05, 3.63) is 12.5 Å². The molecule has 0 aromatic carbocycles. The third kappa shape index (κ3) is 2.63. The van der Waals surface area contributed by atoms with Crippen LogP contribution in [0.3, 0.4) is 0 Å². The Balaban J connectivity index is 1.34. The largest absolute Gasteiger partial charge is 0.379 e. The smallest absolute Gasteiger partial charge is 0.175 e. The monoisotopic (exact) mass is 290 g/mol. The van der Waals surface area contributed by atoms with E-state index in [2.05, 4.69) is 25.5 Å². The average Bonchev–Trinajstić information content (AvgIpc) is 3.14. The highest BCUT2D eigenvalue weighted by molar-refractivity contribution is 5.66. The predicted molar refractivity (Wildman–Crippen MR) is 79.4 cm³/mol. The molecule has 2 fully saturated rings. The lowest BCUT2D eigenvalue weighted by Crippen LogP contribution is -2.46. The molecule has 0 amide bonds. The second-order valence-electron chi connectivity index (χ2n) is 6.01. The minimum absolute atomic E-state index is 0.518. The van der Waals surface area contributed by atoms with Gasteiger partial charge in [0.05, 0.1) is 19.4 Å². The number of fused-ring (bicyclic) bond motifs is 1. The Hall–Kier alpha value is -1.60. The molecule has 4 rings (SSSR count). The van der Waals surface area contributed by atoms with E-state index < -0.39 is 0 Å². The van der Waals surface area contributed by atoms with Crippen molar-refractivity contribution in [2.45, 2.75) is 37.8 Å². The van der Waals surface area contributed by atoms with Gasteiger partial charge in [-0.15, -0.1) is 5.10 Å². The van der Waals surface area contributed by atoms with Gasteiger partial charge in [-0.2, -0.15) is 0 Å². The summed E-state index contributed by atoms with van der Waals surface area (Å²) in [6.45, 7) is 3.98. The summed E-state index contributed by atoms with van der Waals surface area (Å²) in [5.41, 5.74) is 1.02. The molecule has 1 aliphatic carbocycles. The van der Waals surface area contributed by atoms with Gasteiger partial charge in [0.25, 0.3) is 0 Å². The molecular weight excluding hydrogens is 268 g/mol. The number of rotatable bonds is 3. The van der Waals surface area contributed by atoms with Crippen LogP contribution in [0.15, 0.2) is 12.5 Å². The Kier molecular flexibility index (Phi) is 3.52. The highest BCUT2D eigenvalue weighted by Gasteiger charge is 2.27. The SMILES string of the molecule is c1ncn2[nH]nc(NC3CCC(N4CCOCC4)CC3)c12. The van der Waals surface area contributed by atoms with Crippen molar-refractivity contribution in [3.8, 4) is 0 Å². The maximum Gasteiger partial charge on any atom is 0.175 e. The van der Waals surface area contributed by atoms with E-state index in [9.17, 15) is 0 Å². The molecule has 0 spiro atoms. The lowest BCUT2D eigenvalue weighted by Gasteiger charge is -2.38. The third-order valence-corrected chi connectivity index (χ3v) is 4.75. The summed E-state index contributed by atoms with van der Waals surface area (Å²) < 4.78 is 7.28. The van der Waals surface area contributed by atoms with E-state index in [-0.39, 0.29) is 0 Å². The predicted octanol–water partition coefficient (Wildman–Crippen LogP) is 1.11. The molecule has 7 nitrogen and oxygen atoms in total. The number of aromatic nitrogens is 4. The number of anilines is 1. The van der Waals surface area contributed by atoms with E-state index in [1.54, 1.807) is 6.33 Å². The molecule has 114 valence electrons. The van der Waals surface area contributed by atoms with Crippen LogP contribution in [0.5, 0.6) is 0 Å². The Bertz CT molecular complexity index is 579. The molecule has 7 heteroatoms. The maximum atomic E-state index is 5.44. The van der Waals surface area contributed by atoms with Gasteiger partial charge in [-0.1, -0.05) is 0 Å². The van der Waals surface area contributed by atoms with Crippen LogP contribution in [0.4, 0.5) is 5.82 Å². The van der Waals surface area contributed by atoms with Gasteiger partial charge in [0.2, 0.25) is 0 Å². The van der Waals surface area contributed by atoms with E-state index >= 15 is 0 Å². The van der Waals surface area contributed by atoms with E-state index in [0.29, 0.717) is 6.04 Å². The standard InChI is InChI=1S/C14H22N6O/c1-3-12(19-5-7-21-8-6-19)4-2-11(1)16-14-13-9-15-10-20(13)18-17-14/h9-12,18H,1-8H2,(H,16,17). The first-order chi connectivity index (χ1) is 10.4. The Labute approximate surface area is 123 Å². The van der Waals surface area contributed by atoms with Gasteiger partial charge in [0.15, 0.2) is 5.82 Å². The molecule has 1 aliphatic heterocycles. The minimum atomic E-state index is 0.518. The number of nitrogens with one attached hydrogen (secondary N) is 2. The zero-order valence-electron chi connectivity index (χ0n) is 12.2. The molecule has 1 saturated carbocycles. The molecule has 2 N–H and O–H groups in total. The molecule has 0 bridgehead atoms. The van der Waals surface area contributed by atoms with E-state index in [0.717, 1.165) is 43.7 Å². The number of ether oxygens (including phenoxy) is 1. The normalized spacial score (nSPS) is 28.0. The third-order valence-electron chi connectivity index (χ3n) is 4.75. The first-order valence-electron chi connectivity index (χ1n) is 7.85. The summed E-state index contributed by atoms with van der Waals surface area (Å²) in [5, 5.41) is 10.8. The Morgan fingerprint density at radius 1 is 1.19 bits per heavy atom. The summed E-state index contributed by atoms with van der Waals surface area (Å²) in [6.07, 6.45) is 8.51. The van der Waals surface area contributed by atoms with Crippen molar-refractivity contribution in [3.63, 3.8) is 0 Å². The minimum Gasteiger partial charge on any atom is -0.379 e. The molecule has 0 unspecified atom stereocenters. The molecule has 2 aromatic rings. The summed E-state index contributed by atoms with van der Waals surface area (Å²) in [4.78, 5) is 6.72. The summed E-state index contributed by atoms with van der Waals surface area (Å²) in [5.74, 6) is 0.919. The van der Waals surface area contributed by atoms with Gasteiger partial charge in [0, 0.05) is 25.2 Å². The quantitative estimate of drug-likeness (QED) is 0.886. The van der Waals surface area contributed by atoms with Gasteiger partial charge in [0.1, 0.15) is 11.8 Å². The van der Waals surface area contributed by atoms with Gasteiger partial charge >= 0.3 is 0 Å². The fraction of sp³-hybridized carbons (Fsp3) is 0.714. The number of H-pyrrole nitrogens is 1. The lowest BCUT2D eigenvalue weighted by molar-refractivity contribution is 0.00791. The number of hydrogen-bond donors (Lipinski definition) is 2. The highest BCUT2D eigenvalue weighted by atomic mass is 16.5. The van der Waals surface area contributed by atoms with Crippen LogP contribution in [0.1, 0.15) is 25.7 Å². The molecule has 0 atom stereocenters. The van der Waals surface area contributed by atoms with Crippen LogP contribution in [0.25, 0.3) is 5.52 Å². The molecule has 21 heavy (non-hydrogen) atoms. The Morgan fingerprint density at radius 2 is 2.00 bits per heavy atom. The topological polar surface area (TPSA) is 70.5 Å². The number of aromatic amines is 1. The highest BCUT2D eigenvalue weighted by Crippen LogP contribution is 2.26. The van der Waals surface area contributed by atoms with Crippen LogP contribution in [0.2, 0.25) is 0 Å². The molecule has 2 aromatic heterocycles. The summed E-state index contributed by atoms with van der Waals surface area (Å²) in [7, 11) is 0. The molecule has 2 aliphatic rings. The first kappa shape index (κ1) is 13.1. The number of imidazole rings is 1. The van der Waals surface area contributed by atoms with Gasteiger partial charge < -0.3 is 10.1 Å². The first-order valence-corrected chi connectivity index (χ1v) is 7.85. The van der Waals surface area contributed by atoms with Crippen LogP contribution in [-0.2, 0) is 4.74 Å². The zero-order valence-corrected chi connectivity index (χ0v) is 12.2. The van der Waals surface area contributed by atoms with Crippen LogP contribution < -0.4 is 5.32 Å². The molecular formula is C14H22N6O. The van der Waals surface area contributed by atoms with Crippen molar-refractivity contribution in [1.29, 1.82) is 0 Å². The van der Waals surface area contributed by atoms with E-state index in [1.165, 1.54) is 25.7 Å². The van der Waals surface area contributed by atoms with Crippen LogP contribution >= 0.6 is 0 Å². The van der Waals surface area contributed by atoms with Crippen molar-refractivity contribution in [2.24, 2.45) is 0 Å². The Morgan fingerprint density at radius 3 is 2.81 bits per heavy atom. The summed E-state index contributed by atoms with van der Waals surface area (Å²) >= 11 is 0. The van der Waals surface area contributed by atoms with Gasteiger partial charge in [-0.05, 0) is 25.7 Å². The maximum absolute atomic E-state index is 5.44. The number of morpholine rings is 1. The molecule has 3 heterocycles. The van der Waals surface area contributed by atoms with Crippen molar-refractivity contribution >= 4 is 11.3 Å². The number of nitrogens with zero attached hydrogens (tertiary/aromatic N) is 4. The fourth-order valence-corrected chi connectivity index (χ4v) is 3.54. The van der Waals surface area contributed by atoms with Gasteiger partial charge in [-0.3, -0.25) is 4.90 Å². The number of hydrogen-bond acceptors (Lipinski definition) is 5. The van der Waals surface area contributed by atoms with Crippen LogP contribution in [-0.4, -0.2) is 63.1 Å². The van der Waals surface area contributed by atoms with E-state index in [4.69, 9.17) is 4.74 Å².